The fourth-order valence-electron chi connectivity index (χ4n) is 1.61. The minimum Gasteiger partial charge on any atom is -0.369 e. The molecule has 0 bridgehead atoms. The van der Waals surface area contributed by atoms with Crippen molar-refractivity contribution in [2.24, 2.45) is 5.73 Å². The van der Waals surface area contributed by atoms with Gasteiger partial charge in [-0.1, -0.05) is 12.1 Å². The van der Waals surface area contributed by atoms with Gasteiger partial charge in [-0.15, -0.1) is 0 Å². The van der Waals surface area contributed by atoms with Crippen LogP contribution in [0, 0.1) is 0 Å². The largest absolute Gasteiger partial charge is 0.369 e. The highest BCUT2D eigenvalue weighted by Crippen LogP contribution is 2.22. The van der Waals surface area contributed by atoms with Crippen molar-refractivity contribution in [3.8, 4) is 0 Å². The highest BCUT2D eigenvalue weighted by Gasteiger charge is 2.20. The average molecular weight is 213 g/mol. The Morgan fingerprint density at radius 3 is 1.88 bits per heavy atom. The fourth-order valence-corrected chi connectivity index (χ4v) is 1.61. The molecule has 1 amide bonds. The predicted octanol–water partition coefficient (Wildman–Crippen LogP) is 1.09. The molecule has 2 heterocycles. The van der Waals surface area contributed by atoms with E-state index in [2.05, 4.69) is 9.97 Å². The van der Waals surface area contributed by atoms with Crippen molar-refractivity contribution >= 4 is 5.91 Å². The number of carbonyl (C=O) groups excluding carboxylic acids is 1. The van der Waals surface area contributed by atoms with Crippen LogP contribution in [0.5, 0.6) is 0 Å². The molecule has 4 heteroatoms. The molecule has 0 atom stereocenters. The second-order valence-corrected chi connectivity index (χ2v) is 3.41. The Morgan fingerprint density at radius 1 is 1.06 bits per heavy atom. The Labute approximate surface area is 93.2 Å². The van der Waals surface area contributed by atoms with Crippen LogP contribution in [0.15, 0.2) is 49.1 Å². The molecule has 4 nitrogen and oxygen atoms in total. The molecule has 0 spiro atoms. The van der Waals surface area contributed by atoms with E-state index in [0.29, 0.717) is 0 Å². The Balaban J connectivity index is 2.44. The van der Waals surface area contributed by atoms with Crippen LogP contribution in [0.4, 0.5) is 0 Å². The summed E-state index contributed by atoms with van der Waals surface area (Å²) >= 11 is 0. The molecule has 0 saturated heterocycles. The van der Waals surface area contributed by atoms with Crippen molar-refractivity contribution in [3.63, 3.8) is 0 Å². The molecule has 2 N–H and O–H groups in total. The number of amides is 1. The van der Waals surface area contributed by atoms with E-state index < -0.39 is 11.8 Å². The van der Waals surface area contributed by atoms with Crippen molar-refractivity contribution in [3.05, 3.63) is 60.2 Å². The lowest BCUT2D eigenvalue weighted by Gasteiger charge is -2.12. The summed E-state index contributed by atoms with van der Waals surface area (Å²) in [7, 11) is 0. The number of pyridine rings is 2. The molecule has 0 radical (unpaired) electrons. The van der Waals surface area contributed by atoms with Gasteiger partial charge in [0.2, 0.25) is 5.91 Å². The maximum atomic E-state index is 11.5. The lowest BCUT2D eigenvalue weighted by molar-refractivity contribution is -0.118. The van der Waals surface area contributed by atoms with Crippen molar-refractivity contribution in [2.75, 3.05) is 0 Å². The standard InChI is InChI=1S/C12H11N3O/c13-12(16)11(9-3-1-5-14-7-9)10-4-2-6-15-8-10/h1-8,11H,(H2,13,16). The molecule has 0 unspecified atom stereocenters. The van der Waals surface area contributed by atoms with Gasteiger partial charge < -0.3 is 5.73 Å². The van der Waals surface area contributed by atoms with Gasteiger partial charge in [0.15, 0.2) is 0 Å². The van der Waals surface area contributed by atoms with Gasteiger partial charge in [-0.3, -0.25) is 14.8 Å². The lowest BCUT2D eigenvalue weighted by atomic mass is 9.93. The highest BCUT2D eigenvalue weighted by atomic mass is 16.1. The number of hydrogen-bond donors (Lipinski definition) is 1. The van der Waals surface area contributed by atoms with E-state index >= 15 is 0 Å². The Hall–Kier alpha value is -2.23. The van der Waals surface area contributed by atoms with E-state index in [9.17, 15) is 4.79 Å². The predicted molar refractivity (Wildman–Crippen MR) is 59.5 cm³/mol. The van der Waals surface area contributed by atoms with Crippen LogP contribution in [0.25, 0.3) is 0 Å². The number of carbonyl (C=O) groups is 1. The number of primary amides is 1. The molecular formula is C12H11N3O. The van der Waals surface area contributed by atoms with Crippen molar-refractivity contribution in [2.45, 2.75) is 5.92 Å². The third-order valence-electron chi connectivity index (χ3n) is 2.32. The van der Waals surface area contributed by atoms with Crippen molar-refractivity contribution < 1.29 is 4.79 Å². The number of rotatable bonds is 3. The first-order chi connectivity index (χ1) is 7.79. The van der Waals surface area contributed by atoms with Crippen LogP contribution >= 0.6 is 0 Å². The Morgan fingerprint density at radius 2 is 1.56 bits per heavy atom. The molecule has 0 fully saturated rings. The number of hydrogen-bond acceptors (Lipinski definition) is 3. The zero-order valence-corrected chi connectivity index (χ0v) is 8.58. The number of nitrogens with two attached hydrogens (primary N) is 1. The minimum atomic E-state index is -0.484. The molecular weight excluding hydrogens is 202 g/mol. The van der Waals surface area contributed by atoms with Crippen LogP contribution in [-0.4, -0.2) is 15.9 Å². The molecule has 2 aromatic heterocycles. The van der Waals surface area contributed by atoms with Crippen LogP contribution in [0.1, 0.15) is 17.0 Å². The zero-order valence-electron chi connectivity index (χ0n) is 8.58. The van der Waals surface area contributed by atoms with Crippen LogP contribution in [0.2, 0.25) is 0 Å². The van der Waals surface area contributed by atoms with E-state index in [0.717, 1.165) is 11.1 Å². The van der Waals surface area contributed by atoms with E-state index in [1.165, 1.54) is 0 Å². The van der Waals surface area contributed by atoms with Crippen LogP contribution in [0.3, 0.4) is 0 Å². The first-order valence-corrected chi connectivity index (χ1v) is 4.88. The molecule has 0 aliphatic carbocycles. The summed E-state index contributed by atoms with van der Waals surface area (Å²) < 4.78 is 0. The van der Waals surface area contributed by atoms with E-state index in [1.807, 2.05) is 12.1 Å². The molecule has 16 heavy (non-hydrogen) atoms. The van der Waals surface area contributed by atoms with E-state index in [1.54, 1.807) is 36.9 Å². The number of nitrogens with zero attached hydrogens (tertiary/aromatic N) is 2. The molecule has 80 valence electrons. The van der Waals surface area contributed by atoms with Crippen molar-refractivity contribution in [1.82, 2.24) is 9.97 Å². The topological polar surface area (TPSA) is 68.9 Å². The smallest absolute Gasteiger partial charge is 0.229 e. The zero-order chi connectivity index (χ0) is 11.4. The van der Waals surface area contributed by atoms with E-state index in [-0.39, 0.29) is 0 Å². The van der Waals surface area contributed by atoms with E-state index in [4.69, 9.17) is 5.73 Å². The quantitative estimate of drug-likeness (QED) is 0.829. The number of aromatic nitrogens is 2. The van der Waals surface area contributed by atoms with Crippen LogP contribution in [-0.2, 0) is 4.79 Å². The molecule has 2 aromatic rings. The van der Waals surface area contributed by atoms with Crippen molar-refractivity contribution in [1.29, 1.82) is 0 Å². The summed E-state index contributed by atoms with van der Waals surface area (Å²) in [6, 6.07) is 7.22. The maximum Gasteiger partial charge on any atom is 0.229 e. The molecule has 0 aromatic carbocycles. The van der Waals surface area contributed by atoms with Gasteiger partial charge >= 0.3 is 0 Å². The second-order valence-electron chi connectivity index (χ2n) is 3.41. The molecule has 0 saturated carbocycles. The van der Waals surface area contributed by atoms with Gasteiger partial charge in [0.1, 0.15) is 0 Å². The van der Waals surface area contributed by atoms with Gasteiger partial charge in [-0.25, -0.2) is 0 Å². The monoisotopic (exact) mass is 213 g/mol. The van der Waals surface area contributed by atoms with Gasteiger partial charge in [0.25, 0.3) is 0 Å². The third kappa shape index (κ3) is 2.06. The summed E-state index contributed by atoms with van der Waals surface area (Å²) in [5, 5.41) is 0. The summed E-state index contributed by atoms with van der Waals surface area (Å²) in [6.07, 6.45) is 6.60. The molecule has 0 aliphatic rings. The van der Waals surface area contributed by atoms with Gasteiger partial charge in [-0.05, 0) is 23.3 Å². The lowest BCUT2D eigenvalue weighted by Crippen LogP contribution is -2.22. The maximum absolute atomic E-state index is 11.5. The summed E-state index contributed by atoms with van der Waals surface area (Å²) in [5.74, 6) is -0.886. The fraction of sp³-hybridized carbons (Fsp3) is 0.0833. The second kappa shape index (κ2) is 4.53. The minimum absolute atomic E-state index is 0.402. The molecule has 2 rings (SSSR count). The van der Waals surface area contributed by atoms with Gasteiger partial charge in [0, 0.05) is 24.8 Å². The summed E-state index contributed by atoms with van der Waals surface area (Å²) in [4.78, 5) is 19.4. The SMILES string of the molecule is NC(=O)C(c1cccnc1)c1cccnc1. The third-order valence-corrected chi connectivity index (χ3v) is 2.32. The summed E-state index contributed by atoms with van der Waals surface area (Å²) in [5.41, 5.74) is 6.97. The average Bonchev–Trinajstić information content (AvgIpc) is 2.31. The highest BCUT2D eigenvalue weighted by molar-refractivity contribution is 5.85. The Kier molecular flexibility index (Phi) is 2.91. The molecule has 0 aliphatic heterocycles. The first kappa shape index (κ1) is 10.3. The van der Waals surface area contributed by atoms with Crippen LogP contribution < -0.4 is 5.73 Å². The van der Waals surface area contributed by atoms with Gasteiger partial charge in [0.05, 0.1) is 5.92 Å². The first-order valence-electron chi connectivity index (χ1n) is 4.88. The normalized spacial score (nSPS) is 10.3. The Bertz CT molecular complexity index is 431. The summed E-state index contributed by atoms with van der Waals surface area (Å²) in [6.45, 7) is 0. The van der Waals surface area contributed by atoms with Gasteiger partial charge in [-0.2, -0.15) is 0 Å².